The largest absolute Gasteiger partial charge is 0.304 e. The third-order valence-electron chi connectivity index (χ3n) is 2.72. The molecule has 17 heavy (non-hydrogen) atoms. The van der Waals surface area contributed by atoms with Crippen molar-refractivity contribution in [2.24, 2.45) is 7.05 Å². The molecule has 1 atom stereocenters. The van der Waals surface area contributed by atoms with Crippen molar-refractivity contribution in [2.45, 2.75) is 33.4 Å². The molecule has 2 aromatic heterocycles. The van der Waals surface area contributed by atoms with Gasteiger partial charge < -0.3 is 5.32 Å². The van der Waals surface area contributed by atoms with Gasteiger partial charge in [-0.15, -0.1) is 11.3 Å². The van der Waals surface area contributed by atoms with E-state index < -0.39 is 0 Å². The van der Waals surface area contributed by atoms with Gasteiger partial charge in [0.25, 0.3) is 0 Å². The predicted octanol–water partition coefficient (Wildman–Crippen LogP) is 2.34. The summed E-state index contributed by atoms with van der Waals surface area (Å²) in [6, 6.07) is 0.285. The molecule has 5 heteroatoms. The Hall–Kier alpha value is -1.20. The summed E-state index contributed by atoms with van der Waals surface area (Å²) < 4.78 is 1.85. The molecule has 0 radical (unpaired) electrons. The summed E-state index contributed by atoms with van der Waals surface area (Å²) in [4.78, 5) is 5.65. The molecule has 0 saturated carbocycles. The topological polar surface area (TPSA) is 42.7 Å². The van der Waals surface area contributed by atoms with Crippen molar-refractivity contribution in [3.63, 3.8) is 0 Å². The van der Waals surface area contributed by atoms with E-state index in [1.54, 1.807) is 11.3 Å². The number of nitrogens with one attached hydrogen (secondary N) is 1. The molecule has 0 saturated heterocycles. The number of nitrogens with zero attached hydrogens (tertiary/aromatic N) is 3. The molecule has 2 heterocycles. The van der Waals surface area contributed by atoms with Crippen LogP contribution in [0.1, 0.15) is 34.1 Å². The molecule has 2 aromatic rings. The van der Waals surface area contributed by atoms with Crippen molar-refractivity contribution >= 4 is 11.3 Å². The zero-order valence-corrected chi connectivity index (χ0v) is 11.5. The first-order valence-corrected chi connectivity index (χ1v) is 6.52. The van der Waals surface area contributed by atoms with Gasteiger partial charge in [-0.05, 0) is 20.8 Å². The Labute approximate surface area is 106 Å². The summed E-state index contributed by atoms with van der Waals surface area (Å²) in [7, 11) is 1.95. The Morgan fingerprint density at radius 3 is 2.76 bits per heavy atom. The maximum absolute atomic E-state index is 4.39. The molecule has 1 N–H and O–H groups in total. The van der Waals surface area contributed by atoms with E-state index >= 15 is 0 Å². The third kappa shape index (κ3) is 2.92. The number of aromatic nitrogens is 3. The van der Waals surface area contributed by atoms with Crippen molar-refractivity contribution < 1.29 is 0 Å². The van der Waals surface area contributed by atoms with Crippen LogP contribution in [0.2, 0.25) is 0 Å². The van der Waals surface area contributed by atoms with Crippen molar-refractivity contribution in [1.29, 1.82) is 0 Å². The van der Waals surface area contributed by atoms with Crippen LogP contribution in [0.4, 0.5) is 0 Å². The lowest BCUT2D eigenvalue weighted by Gasteiger charge is -2.10. The lowest BCUT2D eigenvalue weighted by molar-refractivity contribution is 0.570. The minimum atomic E-state index is 0.285. The van der Waals surface area contributed by atoms with Crippen LogP contribution in [-0.4, -0.2) is 14.8 Å². The van der Waals surface area contributed by atoms with E-state index in [-0.39, 0.29) is 6.04 Å². The van der Waals surface area contributed by atoms with Crippen LogP contribution in [0.25, 0.3) is 0 Å². The Morgan fingerprint density at radius 2 is 2.24 bits per heavy atom. The second-order valence-corrected chi connectivity index (χ2v) is 5.59. The van der Waals surface area contributed by atoms with E-state index in [1.807, 2.05) is 24.9 Å². The highest BCUT2D eigenvalue weighted by atomic mass is 32.1. The lowest BCUT2D eigenvalue weighted by atomic mass is 10.2. The first kappa shape index (κ1) is 12.3. The van der Waals surface area contributed by atoms with Crippen LogP contribution in [-0.2, 0) is 13.6 Å². The second-order valence-electron chi connectivity index (χ2n) is 4.33. The maximum Gasteiger partial charge on any atom is 0.109 e. The highest BCUT2D eigenvalue weighted by Crippen LogP contribution is 2.19. The zero-order chi connectivity index (χ0) is 12.4. The lowest BCUT2D eigenvalue weighted by Crippen LogP contribution is -2.18. The fourth-order valence-corrected chi connectivity index (χ4v) is 2.55. The highest BCUT2D eigenvalue weighted by molar-refractivity contribution is 7.11. The number of hydrogen-bond donors (Lipinski definition) is 1. The Balaban J connectivity index is 1.96. The van der Waals surface area contributed by atoms with E-state index in [9.17, 15) is 0 Å². The molecular formula is C12H18N4S. The van der Waals surface area contributed by atoms with Crippen molar-refractivity contribution in [1.82, 2.24) is 20.1 Å². The molecule has 4 nitrogen and oxygen atoms in total. The first-order valence-electron chi connectivity index (χ1n) is 5.71. The highest BCUT2D eigenvalue weighted by Gasteiger charge is 2.10. The fourth-order valence-electron chi connectivity index (χ4n) is 1.74. The Morgan fingerprint density at radius 1 is 1.47 bits per heavy atom. The second kappa shape index (κ2) is 4.98. The van der Waals surface area contributed by atoms with Crippen molar-refractivity contribution in [2.75, 3.05) is 0 Å². The van der Waals surface area contributed by atoms with Crippen LogP contribution in [0, 0.1) is 13.8 Å². The molecule has 2 rings (SSSR count). The summed E-state index contributed by atoms with van der Waals surface area (Å²) >= 11 is 1.75. The smallest absolute Gasteiger partial charge is 0.109 e. The molecule has 0 amide bonds. The molecule has 0 spiro atoms. The third-order valence-corrected chi connectivity index (χ3v) is 3.82. The van der Waals surface area contributed by atoms with E-state index in [0.29, 0.717) is 0 Å². The molecule has 0 bridgehead atoms. The Bertz CT molecular complexity index is 500. The average Bonchev–Trinajstić information content (AvgIpc) is 2.82. The molecule has 0 fully saturated rings. The average molecular weight is 250 g/mol. The standard InChI is InChI=1S/C12H18N4S/c1-8-5-14-12(17-8)10(3)13-6-11-7-16(4)15-9(11)2/h5,7,10,13H,6H2,1-4H3. The van der Waals surface area contributed by atoms with Gasteiger partial charge in [-0.25, -0.2) is 4.98 Å². The van der Waals surface area contributed by atoms with Crippen LogP contribution < -0.4 is 5.32 Å². The SMILES string of the molecule is Cc1cnc(C(C)NCc2cn(C)nc2C)s1. The zero-order valence-electron chi connectivity index (χ0n) is 10.7. The van der Waals surface area contributed by atoms with Crippen molar-refractivity contribution in [3.05, 3.63) is 33.5 Å². The van der Waals surface area contributed by atoms with E-state index in [4.69, 9.17) is 0 Å². The number of thiazole rings is 1. The van der Waals surface area contributed by atoms with Crippen LogP contribution in [0.5, 0.6) is 0 Å². The normalized spacial score (nSPS) is 12.9. The molecule has 0 aromatic carbocycles. The van der Waals surface area contributed by atoms with E-state index in [1.165, 1.54) is 10.4 Å². The molecular weight excluding hydrogens is 232 g/mol. The van der Waals surface area contributed by atoms with Gasteiger partial charge in [-0.1, -0.05) is 0 Å². The van der Waals surface area contributed by atoms with Gasteiger partial charge in [0.05, 0.1) is 11.7 Å². The molecule has 92 valence electrons. The fraction of sp³-hybridized carbons (Fsp3) is 0.500. The summed E-state index contributed by atoms with van der Waals surface area (Å²) in [5.41, 5.74) is 2.33. The summed E-state index contributed by atoms with van der Waals surface area (Å²) in [6.45, 7) is 7.10. The summed E-state index contributed by atoms with van der Waals surface area (Å²) in [6.07, 6.45) is 3.98. The molecule has 0 aliphatic carbocycles. The van der Waals surface area contributed by atoms with Crippen LogP contribution in [0.3, 0.4) is 0 Å². The van der Waals surface area contributed by atoms with Crippen LogP contribution in [0.15, 0.2) is 12.4 Å². The molecule has 1 unspecified atom stereocenters. The summed E-state index contributed by atoms with van der Waals surface area (Å²) in [5.74, 6) is 0. The van der Waals surface area contributed by atoms with Gasteiger partial charge >= 0.3 is 0 Å². The van der Waals surface area contributed by atoms with Gasteiger partial charge in [0.2, 0.25) is 0 Å². The number of aryl methyl sites for hydroxylation is 3. The summed E-state index contributed by atoms with van der Waals surface area (Å²) in [5, 5.41) is 8.95. The van der Waals surface area contributed by atoms with Gasteiger partial charge in [0.15, 0.2) is 0 Å². The minimum absolute atomic E-state index is 0.285. The Kier molecular flexibility index (Phi) is 3.59. The first-order chi connectivity index (χ1) is 8.06. The van der Waals surface area contributed by atoms with Gasteiger partial charge in [-0.3, -0.25) is 4.68 Å². The van der Waals surface area contributed by atoms with Crippen LogP contribution >= 0.6 is 11.3 Å². The van der Waals surface area contributed by atoms with Crippen molar-refractivity contribution in [3.8, 4) is 0 Å². The maximum atomic E-state index is 4.39. The van der Waals surface area contributed by atoms with E-state index in [2.05, 4.69) is 35.4 Å². The molecule has 0 aliphatic heterocycles. The van der Waals surface area contributed by atoms with Gasteiger partial charge in [-0.2, -0.15) is 5.10 Å². The van der Waals surface area contributed by atoms with E-state index in [0.717, 1.165) is 17.2 Å². The van der Waals surface area contributed by atoms with Gasteiger partial charge in [0.1, 0.15) is 5.01 Å². The van der Waals surface area contributed by atoms with Gasteiger partial charge in [0, 0.05) is 36.4 Å². The minimum Gasteiger partial charge on any atom is -0.304 e. The number of hydrogen-bond acceptors (Lipinski definition) is 4. The number of rotatable bonds is 4. The predicted molar refractivity (Wildman–Crippen MR) is 70.1 cm³/mol. The monoisotopic (exact) mass is 250 g/mol. The molecule has 0 aliphatic rings. The quantitative estimate of drug-likeness (QED) is 0.905.